The van der Waals surface area contributed by atoms with Crippen LogP contribution in [0.15, 0.2) is 48.8 Å². The number of carboxylic acid groups (broad SMARTS) is 1. The number of benzene rings is 1. The second-order valence-electron chi connectivity index (χ2n) is 11.3. The molecule has 1 saturated carbocycles. The van der Waals surface area contributed by atoms with Gasteiger partial charge in [-0.05, 0) is 61.9 Å². The van der Waals surface area contributed by atoms with E-state index in [0.29, 0.717) is 37.1 Å². The molecule has 2 fully saturated rings. The molecule has 1 aliphatic carbocycles. The predicted octanol–water partition coefficient (Wildman–Crippen LogP) is 3.97. The first-order valence-electron chi connectivity index (χ1n) is 14.9. The lowest BCUT2D eigenvalue weighted by Gasteiger charge is -2.40. The van der Waals surface area contributed by atoms with Crippen molar-refractivity contribution < 1.29 is 37.9 Å². The molecule has 1 unspecified atom stereocenters. The number of carbonyl (C=O) groups is 5. The Morgan fingerprint density at radius 3 is 2.44 bits per heavy atom. The molecule has 2 aliphatic rings. The van der Waals surface area contributed by atoms with E-state index in [9.17, 15) is 29.1 Å². The van der Waals surface area contributed by atoms with Crippen molar-refractivity contribution in [2.45, 2.75) is 82.0 Å². The zero-order valence-electron chi connectivity index (χ0n) is 24.7. The molecule has 4 amide bonds. The number of nitrogens with zero attached hydrogens (tertiary/aromatic N) is 2. The van der Waals surface area contributed by atoms with Crippen LogP contribution in [0.2, 0.25) is 5.02 Å². The number of hydrogen-bond acceptors (Lipinski definition) is 6. The van der Waals surface area contributed by atoms with Crippen molar-refractivity contribution in [2.24, 2.45) is 5.92 Å². The van der Waals surface area contributed by atoms with Gasteiger partial charge in [-0.15, -0.1) is 0 Å². The molecule has 0 radical (unpaired) electrons. The number of amides is 4. The maximum atomic E-state index is 16.5. The Kier molecular flexibility index (Phi) is 11.1. The molecule has 45 heavy (non-hydrogen) atoms. The number of halogens is 3. The molecule has 14 heteroatoms. The molecule has 2 aromatic rings. The zero-order chi connectivity index (χ0) is 32.7. The van der Waals surface area contributed by atoms with E-state index in [1.807, 2.05) is 0 Å². The van der Waals surface area contributed by atoms with Crippen LogP contribution in [0.5, 0.6) is 0 Å². The van der Waals surface area contributed by atoms with E-state index in [2.05, 4.69) is 20.9 Å². The number of Topliss-reactive ketones (excluding diaryl/α,β-unsaturated/α-hetero) is 1. The van der Waals surface area contributed by atoms with Crippen LogP contribution in [-0.2, 0) is 25.1 Å². The highest BCUT2D eigenvalue weighted by atomic mass is 35.5. The van der Waals surface area contributed by atoms with Crippen LogP contribution >= 0.6 is 11.6 Å². The van der Waals surface area contributed by atoms with Crippen molar-refractivity contribution in [1.82, 2.24) is 25.8 Å². The predicted molar refractivity (Wildman–Crippen MR) is 159 cm³/mol. The number of carbonyl (C=O) groups excluding carboxylic acids is 4. The smallest absolute Gasteiger partial charge is 0.408 e. The summed E-state index contributed by atoms with van der Waals surface area (Å²) in [6, 6.07) is 1.75. The van der Waals surface area contributed by atoms with Gasteiger partial charge in [-0.25, -0.2) is 4.79 Å². The zero-order valence-corrected chi connectivity index (χ0v) is 25.4. The summed E-state index contributed by atoms with van der Waals surface area (Å²) in [5, 5.41) is 18.2. The highest BCUT2D eigenvalue weighted by Gasteiger charge is 2.51. The molecular weight excluding hydrogens is 612 g/mol. The van der Waals surface area contributed by atoms with Crippen molar-refractivity contribution in [1.29, 1.82) is 0 Å². The molecule has 242 valence electrons. The summed E-state index contributed by atoms with van der Waals surface area (Å²) in [6.07, 6.45) is 2.81. The average Bonchev–Trinajstić information content (AvgIpc) is 3.74. The Hall–Kier alpha value is -4.13. The summed E-state index contributed by atoms with van der Waals surface area (Å²) in [7, 11) is 0. The van der Waals surface area contributed by atoms with E-state index in [4.69, 9.17) is 11.6 Å². The Labute approximate surface area is 264 Å². The van der Waals surface area contributed by atoms with Crippen molar-refractivity contribution in [3.8, 4) is 0 Å². The minimum Gasteiger partial charge on any atom is -0.465 e. The third-order valence-electron chi connectivity index (χ3n) is 8.00. The molecule has 1 aromatic carbocycles. The van der Waals surface area contributed by atoms with Crippen molar-refractivity contribution in [3.05, 3.63) is 64.9 Å². The molecule has 2 heterocycles. The molecule has 1 aliphatic heterocycles. The largest absolute Gasteiger partial charge is 0.465 e. The average molecular weight is 648 g/mol. The molecule has 1 saturated heterocycles. The summed E-state index contributed by atoms with van der Waals surface area (Å²) in [6.45, 7) is 2.14. The molecule has 1 aromatic heterocycles. The molecule has 0 spiro atoms. The lowest BCUT2D eigenvalue weighted by Crippen LogP contribution is -2.57. The second kappa shape index (κ2) is 14.8. The van der Waals surface area contributed by atoms with Gasteiger partial charge in [-0.3, -0.25) is 29.1 Å². The van der Waals surface area contributed by atoms with Gasteiger partial charge in [0, 0.05) is 41.5 Å². The highest BCUT2D eigenvalue weighted by molar-refractivity contribution is 6.38. The number of aromatic nitrogens is 1. The first-order valence-corrected chi connectivity index (χ1v) is 15.3. The minimum atomic E-state index is -3.89. The van der Waals surface area contributed by atoms with Gasteiger partial charge in [0.05, 0.1) is 6.04 Å². The molecule has 4 atom stereocenters. The SMILES string of the molecule is CCCC[C@@H](C(=O)N[C@@H](C[C@@H]1CCNC1=O)C(=O)C(=O)NC1CC1)N(C(=O)O)C(c1ccncc1)C(F)(F)c1cccc(Cl)c1. The van der Waals surface area contributed by atoms with Gasteiger partial charge in [0.2, 0.25) is 17.6 Å². The van der Waals surface area contributed by atoms with Gasteiger partial charge < -0.3 is 21.1 Å². The fourth-order valence-corrected chi connectivity index (χ4v) is 5.65. The summed E-state index contributed by atoms with van der Waals surface area (Å²) < 4.78 is 33.0. The van der Waals surface area contributed by atoms with E-state index in [1.165, 1.54) is 36.7 Å². The molecule has 4 rings (SSSR count). The number of ketones is 1. The van der Waals surface area contributed by atoms with E-state index in [1.54, 1.807) is 6.92 Å². The fraction of sp³-hybridized carbons (Fsp3) is 0.484. The third kappa shape index (κ3) is 8.33. The minimum absolute atomic E-state index is 0.00424. The lowest BCUT2D eigenvalue weighted by atomic mass is 9.91. The first-order chi connectivity index (χ1) is 21.4. The van der Waals surface area contributed by atoms with E-state index >= 15 is 8.78 Å². The van der Waals surface area contributed by atoms with E-state index < -0.39 is 59.2 Å². The number of unbranched alkanes of at least 4 members (excludes halogenated alkanes) is 1. The highest BCUT2D eigenvalue weighted by Crippen LogP contribution is 2.46. The van der Waals surface area contributed by atoms with Crippen molar-refractivity contribution >= 4 is 41.2 Å². The Bertz CT molecular complexity index is 1410. The van der Waals surface area contributed by atoms with Crippen LogP contribution in [0.3, 0.4) is 0 Å². The number of alkyl halides is 2. The topological polar surface area (TPSA) is 158 Å². The second-order valence-corrected chi connectivity index (χ2v) is 11.8. The van der Waals surface area contributed by atoms with Crippen LogP contribution in [0, 0.1) is 5.92 Å². The maximum Gasteiger partial charge on any atom is 0.408 e. The number of nitrogens with one attached hydrogen (secondary N) is 3. The standard InChI is InChI=1S/C31H36ClF2N5O6/c1-2-3-7-24(28(42)38-23(16-19-12-15-36-27(19)41)25(40)29(43)37-22-8-9-22)39(30(44)45)26(18-10-13-35-14-11-18)31(33,34)20-5-4-6-21(32)17-20/h4-6,10-11,13-14,17,19,22-24,26H,2-3,7-9,12,15-16H2,1H3,(H,36,41)(H,37,43)(H,38,42)(H,44,45)/t19-,23-,24-,26?/m0/s1. The molecule has 11 nitrogen and oxygen atoms in total. The summed E-state index contributed by atoms with van der Waals surface area (Å²) in [5.74, 6) is -7.91. The molecular formula is C31H36ClF2N5O6. The number of rotatable bonds is 15. The van der Waals surface area contributed by atoms with Crippen molar-refractivity contribution in [2.75, 3.05) is 6.54 Å². The van der Waals surface area contributed by atoms with E-state index in [0.717, 1.165) is 12.1 Å². The van der Waals surface area contributed by atoms with Crippen LogP contribution in [0.1, 0.15) is 69.0 Å². The van der Waals surface area contributed by atoms with Crippen molar-refractivity contribution in [3.63, 3.8) is 0 Å². The number of hydrogen-bond donors (Lipinski definition) is 4. The third-order valence-corrected chi connectivity index (χ3v) is 8.23. The van der Waals surface area contributed by atoms with Gasteiger partial charge >= 0.3 is 6.09 Å². The fourth-order valence-electron chi connectivity index (χ4n) is 5.46. The van der Waals surface area contributed by atoms with Crippen LogP contribution < -0.4 is 16.0 Å². The lowest BCUT2D eigenvalue weighted by molar-refractivity contribution is -0.142. The Balaban J connectivity index is 1.74. The van der Waals surface area contributed by atoms with Gasteiger partial charge in [0.1, 0.15) is 12.1 Å². The van der Waals surface area contributed by atoms with E-state index in [-0.39, 0.29) is 41.8 Å². The van der Waals surface area contributed by atoms with Gasteiger partial charge in [0.15, 0.2) is 0 Å². The molecule has 0 bridgehead atoms. The van der Waals surface area contributed by atoms with Crippen LogP contribution in [0.25, 0.3) is 0 Å². The first kappa shape index (κ1) is 33.8. The van der Waals surface area contributed by atoms with Gasteiger partial charge in [-0.2, -0.15) is 8.78 Å². The monoisotopic (exact) mass is 647 g/mol. The maximum absolute atomic E-state index is 16.5. The quantitative estimate of drug-likeness (QED) is 0.213. The normalized spacial score (nSPS) is 18.3. The van der Waals surface area contributed by atoms with Gasteiger partial charge in [0.25, 0.3) is 11.8 Å². The Morgan fingerprint density at radius 1 is 1.16 bits per heavy atom. The van der Waals surface area contributed by atoms with Crippen LogP contribution in [-0.4, -0.2) is 69.3 Å². The summed E-state index contributed by atoms with van der Waals surface area (Å²) in [4.78, 5) is 69.6. The van der Waals surface area contributed by atoms with Crippen LogP contribution in [0.4, 0.5) is 13.6 Å². The Morgan fingerprint density at radius 2 is 1.87 bits per heavy atom. The molecule has 4 N–H and O–H groups in total. The summed E-state index contributed by atoms with van der Waals surface area (Å²) in [5.41, 5.74) is -0.708. The van der Waals surface area contributed by atoms with Gasteiger partial charge in [-0.1, -0.05) is 43.5 Å². The number of pyridine rings is 1. The summed E-state index contributed by atoms with van der Waals surface area (Å²) >= 11 is 6.02.